The van der Waals surface area contributed by atoms with E-state index in [1.165, 1.54) is 17.0 Å². The van der Waals surface area contributed by atoms with Crippen LogP contribution in [0.15, 0.2) is 42.5 Å². The van der Waals surface area contributed by atoms with Gasteiger partial charge in [-0.2, -0.15) is 0 Å². The first-order valence-electron chi connectivity index (χ1n) is 19.1. The maximum absolute atomic E-state index is 14.7. The number of nitrogens with one attached hydrogen (secondary N) is 4. The highest BCUT2D eigenvalue weighted by molar-refractivity contribution is 6.38. The topological polar surface area (TPSA) is 206 Å². The highest BCUT2D eigenvalue weighted by atomic mass is 19.1. The molecule has 0 radical (unpaired) electrons. The van der Waals surface area contributed by atoms with E-state index < -0.39 is 113 Å². The lowest BCUT2D eigenvalue weighted by molar-refractivity contribution is -0.143. The molecule has 1 saturated carbocycles. The molecule has 0 aromatic heterocycles. The fraction of sp³-hybridized carbons (Fsp3) is 0.525. The molecule has 0 bridgehead atoms. The third-order valence-corrected chi connectivity index (χ3v) is 9.85. The summed E-state index contributed by atoms with van der Waals surface area (Å²) in [5.41, 5.74) is 3.91. The Bertz CT molecular complexity index is 1810. The van der Waals surface area contributed by atoms with Gasteiger partial charge in [0.05, 0.1) is 24.3 Å². The van der Waals surface area contributed by atoms with Gasteiger partial charge in [-0.3, -0.25) is 33.6 Å². The zero-order chi connectivity index (χ0) is 42.0. The van der Waals surface area contributed by atoms with Gasteiger partial charge in [-0.1, -0.05) is 50.8 Å². The van der Waals surface area contributed by atoms with Crippen LogP contribution in [0.2, 0.25) is 0 Å². The molecular formula is C40H51F3N6O8. The molecule has 1 heterocycles. The first kappa shape index (κ1) is 44.4. The number of hydrogen-bond acceptors (Lipinski definition) is 8. The number of nitrogens with two attached hydrogens (primary N) is 1. The normalized spacial score (nSPS) is 18.8. The van der Waals surface area contributed by atoms with E-state index in [0.717, 1.165) is 49.6 Å². The Morgan fingerprint density at radius 2 is 1.56 bits per heavy atom. The van der Waals surface area contributed by atoms with E-state index in [1.807, 2.05) is 0 Å². The molecule has 310 valence electrons. The summed E-state index contributed by atoms with van der Waals surface area (Å²) in [6, 6.07) is 2.52. The fourth-order valence-corrected chi connectivity index (χ4v) is 7.28. The van der Waals surface area contributed by atoms with Gasteiger partial charge in [0.15, 0.2) is 0 Å². The number of rotatable bonds is 16. The number of amides is 6. The molecule has 2 fully saturated rings. The largest absolute Gasteiger partial charge is 0.371 e. The maximum Gasteiger partial charge on any atom is 0.290 e. The van der Waals surface area contributed by atoms with Crippen molar-refractivity contribution in [3.05, 3.63) is 71.0 Å². The van der Waals surface area contributed by atoms with Crippen molar-refractivity contribution in [2.45, 2.75) is 115 Å². The Labute approximate surface area is 329 Å². The van der Waals surface area contributed by atoms with Gasteiger partial charge in [-0.05, 0) is 75.8 Å². The van der Waals surface area contributed by atoms with Gasteiger partial charge in [0, 0.05) is 13.0 Å². The van der Waals surface area contributed by atoms with E-state index in [1.54, 1.807) is 27.7 Å². The highest BCUT2D eigenvalue weighted by Crippen LogP contribution is 2.31. The zero-order valence-electron chi connectivity index (χ0n) is 32.5. The molecule has 5 atom stereocenters. The molecule has 2 aromatic rings. The summed E-state index contributed by atoms with van der Waals surface area (Å²) < 4.78 is 49.2. The van der Waals surface area contributed by atoms with Gasteiger partial charge in [-0.25, -0.2) is 13.2 Å². The van der Waals surface area contributed by atoms with Gasteiger partial charge >= 0.3 is 0 Å². The number of carbonyl (C=O) groups is 7. The zero-order valence-corrected chi connectivity index (χ0v) is 32.5. The number of carbonyl (C=O) groups excluding carboxylic acids is 7. The van der Waals surface area contributed by atoms with Gasteiger partial charge in [-0.15, -0.1) is 0 Å². The molecule has 6 N–H and O–H groups in total. The van der Waals surface area contributed by atoms with Gasteiger partial charge in [0.2, 0.25) is 29.4 Å². The Kier molecular flexibility index (Phi) is 15.3. The van der Waals surface area contributed by atoms with E-state index in [-0.39, 0.29) is 24.9 Å². The van der Waals surface area contributed by atoms with E-state index >= 15 is 0 Å². The summed E-state index contributed by atoms with van der Waals surface area (Å²) in [7, 11) is 0. The summed E-state index contributed by atoms with van der Waals surface area (Å²) in [5.74, 6) is -10.1. The second-order valence-electron chi connectivity index (χ2n) is 15.4. The molecule has 1 saturated heterocycles. The van der Waals surface area contributed by atoms with Crippen LogP contribution in [0.25, 0.3) is 0 Å². The lowest BCUT2D eigenvalue weighted by Gasteiger charge is -2.35. The fourth-order valence-electron chi connectivity index (χ4n) is 7.28. The molecule has 2 aromatic carbocycles. The van der Waals surface area contributed by atoms with Crippen molar-refractivity contribution in [3.8, 4) is 0 Å². The van der Waals surface area contributed by atoms with Crippen molar-refractivity contribution in [2.75, 3.05) is 13.1 Å². The second kappa shape index (κ2) is 19.7. The third kappa shape index (κ3) is 12.1. The van der Waals surface area contributed by atoms with Crippen molar-refractivity contribution in [1.82, 2.24) is 26.2 Å². The predicted octanol–water partition coefficient (Wildman–Crippen LogP) is 2.88. The predicted molar refractivity (Wildman–Crippen MR) is 200 cm³/mol. The number of likely N-dealkylation sites (tertiary alicyclic amines) is 1. The van der Waals surface area contributed by atoms with Crippen LogP contribution in [-0.2, 0) is 33.5 Å². The van der Waals surface area contributed by atoms with Crippen molar-refractivity contribution < 1.29 is 51.5 Å². The minimum absolute atomic E-state index is 0.00502. The minimum Gasteiger partial charge on any atom is -0.371 e. The Balaban J connectivity index is 1.51. The average Bonchev–Trinajstić information content (AvgIpc) is 3.57. The number of nitrogens with zero attached hydrogens (tertiary/aromatic N) is 1. The van der Waals surface area contributed by atoms with Crippen molar-refractivity contribution in [3.63, 3.8) is 0 Å². The van der Waals surface area contributed by atoms with Crippen molar-refractivity contribution in [2.24, 2.45) is 11.7 Å². The van der Waals surface area contributed by atoms with Crippen LogP contribution < -0.4 is 27.0 Å². The first-order chi connectivity index (χ1) is 26.9. The number of ether oxygens (including phenoxy) is 1. The molecule has 0 spiro atoms. The number of ketones is 1. The summed E-state index contributed by atoms with van der Waals surface area (Å²) in [4.78, 5) is 94.2. The number of primary amides is 1. The Morgan fingerprint density at radius 3 is 2.16 bits per heavy atom. The monoisotopic (exact) mass is 800 g/mol. The van der Waals surface area contributed by atoms with Crippen molar-refractivity contribution >= 4 is 41.2 Å². The molecular weight excluding hydrogens is 749 g/mol. The summed E-state index contributed by atoms with van der Waals surface area (Å²) >= 11 is 0. The molecule has 14 nitrogen and oxygen atoms in total. The van der Waals surface area contributed by atoms with E-state index in [9.17, 15) is 46.7 Å². The average molecular weight is 801 g/mol. The first-order valence-corrected chi connectivity index (χ1v) is 19.1. The number of Topliss-reactive ketones (excluding diaryl/α,β-unsaturated/α-hetero) is 1. The van der Waals surface area contributed by atoms with Crippen LogP contribution in [0, 0.1) is 23.4 Å². The minimum atomic E-state index is -1.43. The highest BCUT2D eigenvalue weighted by Gasteiger charge is 2.46. The van der Waals surface area contributed by atoms with Gasteiger partial charge in [0.25, 0.3) is 11.8 Å². The van der Waals surface area contributed by atoms with Crippen LogP contribution in [0.3, 0.4) is 0 Å². The molecule has 17 heteroatoms. The SMILES string of the molecule is CCCC(NC(=O)C1CC(OC(C)(C)C)CN1C(=O)C(NC(=O)c1c(F)cccc1F)C1CCCCC1)C(=O)C(=O)NCC(=O)NC(C(N)=O)c1cccc(F)c1. The molecule has 1 aliphatic heterocycles. The van der Waals surface area contributed by atoms with Crippen LogP contribution in [0.4, 0.5) is 13.2 Å². The Morgan fingerprint density at radius 1 is 0.912 bits per heavy atom. The number of benzene rings is 2. The van der Waals surface area contributed by atoms with Crippen LogP contribution in [0.5, 0.6) is 0 Å². The Hall–Kier alpha value is -5.32. The van der Waals surface area contributed by atoms with Crippen molar-refractivity contribution in [1.29, 1.82) is 0 Å². The number of halogens is 3. The summed E-state index contributed by atoms with van der Waals surface area (Å²) in [5, 5.41) is 9.60. The second-order valence-corrected chi connectivity index (χ2v) is 15.4. The van der Waals surface area contributed by atoms with Crippen LogP contribution >= 0.6 is 0 Å². The van der Waals surface area contributed by atoms with E-state index in [0.29, 0.717) is 19.3 Å². The van der Waals surface area contributed by atoms with Crippen LogP contribution in [0.1, 0.15) is 101 Å². The lowest BCUT2D eigenvalue weighted by Crippen LogP contribution is -2.58. The van der Waals surface area contributed by atoms with E-state index in [4.69, 9.17) is 10.5 Å². The standard InChI is InChI=1S/C40H51F3N6O8/c1-5-11-28(34(51)38(55)45-20-30(50)47-32(35(44)52)23-14-9-15-24(41)18-23)46-36(53)29-19-25(57-40(2,3)4)21-49(29)39(56)33(22-12-7-6-8-13-22)48-37(54)31-26(42)16-10-17-27(31)43/h9-10,14-18,22,25,28-29,32-33H,5-8,11-13,19-21H2,1-4H3,(H2,44,52)(H,45,55)(H,46,53)(H,47,50)(H,48,54). The summed E-state index contributed by atoms with van der Waals surface area (Å²) in [6.45, 7) is 6.26. The van der Waals surface area contributed by atoms with Gasteiger partial charge in [0.1, 0.15) is 41.1 Å². The molecule has 5 unspecified atom stereocenters. The quantitative estimate of drug-likeness (QED) is 0.159. The molecule has 1 aliphatic carbocycles. The van der Waals surface area contributed by atoms with Crippen LogP contribution in [-0.4, -0.2) is 89.0 Å². The smallest absolute Gasteiger partial charge is 0.290 e. The molecule has 4 rings (SSSR count). The molecule has 2 aliphatic rings. The molecule has 57 heavy (non-hydrogen) atoms. The third-order valence-electron chi connectivity index (χ3n) is 9.85. The maximum atomic E-state index is 14.7. The van der Waals surface area contributed by atoms with E-state index in [2.05, 4.69) is 21.3 Å². The van der Waals surface area contributed by atoms with Gasteiger partial charge < -0.3 is 36.6 Å². The molecule has 6 amide bonds. The summed E-state index contributed by atoms with van der Waals surface area (Å²) in [6.07, 6.45) is 3.16. The number of hydrogen-bond donors (Lipinski definition) is 5. The lowest BCUT2D eigenvalue weighted by atomic mass is 9.83.